The van der Waals surface area contributed by atoms with Gasteiger partial charge in [-0.25, -0.2) is 4.98 Å². The van der Waals surface area contributed by atoms with Crippen LogP contribution in [-0.4, -0.2) is 4.98 Å². The van der Waals surface area contributed by atoms with Gasteiger partial charge >= 0.3 is 0 Å². The Bertz CT molecular complexity index is 2200. The molecule has 44 heavy (non-hydrogen) atoms. The van der Waals surface area contributed by atoms with E-state index in [1.54, 1.807) is 0 Å². The Morgan fingerprint density at radius 3 is 1.70 bits per heavy atom. The highest BCUT2D eigenvalue weighted by Gasteiger charge is 2.16. The maximum absolute atomic E-state index is 6.43. The lowest BCUT2D eigenvalue weighted by Gasteiger charge is -2.26. The number of fused-ring (bicyclic) bond motifs is 2. The molecule has 0 unspecified atom stereocenters. The van der Waals surface area contributed by atoms with E-state index >= 15 is 0 Å². The van der Waals surface area contributed by atoms with Crippen molar-refractivity contribution in [3.63, 3.8) is 0 Å². The molecule has 0 bridgehead atoms. The summed E-state index contributed by atoms with van der Waals surface area (Å²) in [4.78, 5) is 7.14. The molecule has 3 nitrogen and oxygen atoms in total. The molecule has 0 saturated carbocycles. The first kappa shape index (κ1) is 25.8. The van der Waals surface area contributed by atoms with Crippen molar-refractivity contribution in [3.05, 3.63) is 170 Å². The van der Waals surface area contributed by atoms with Gasteiger partial charge in [-0.3, -0.25) is 0 Å². The summed E-state index contributed by atoms with van der Waals surface area (Å²) in [7, 11) is 0. The van der Waals surface area contributed by atoms with Crippen molar-refractivity contribution in [1.29, 1.82) is 0 Å². The standard InChI is InChI=1S/C41H28N2O/c1-3-10-29(11-4-1)31-20-24-36(25-21-31)43(35-14-5-2-6-15-35)37-26-22-32(23-27-37)38-16-9-17-39-40(38)44-41(42-39)34-19-18-30-12-7-8-13-33(30)28-34/h1-28H. The fourth-order valence-electron chi connectivity index (χ4n) is 5.87. The van der Waals surface area contributed by atoms with Gasteiger partial charge in [0.15, 0.2) is 5.58 Å². The lowest BCUT2D eigenvalue weighted by atomic mass is 10.0. The summed E-state index contributed by atoms with van der Waals surface area (Å²) in [6, 6.07) is 59.2. The molecule has 0 aliphatic heterocycles. The molecule has 0 amide bonds. The van der Waals surface area contributed by atoms with Crippen LogP contribution in [0.2, 0.25) is 0 Å². The maximum Gasteiger partial charge on any atom is 0.227 e. The van der Waals surface area contributed by atoms with Crippen LogP contribution in [0.5, 0.6) is 0 Å². The molecule has 0 N–H and O–H groups in total. The molecular weight excluding hydrogens is 536 g/mol. The Kier molecular flexibility index (Phi) is 6.47. The van der Waals surface area contributed by atoms with E-state index in [0.29, 0.717) is 5.89 Å². The van der Waals surface area contributed by atoms with Gasteiger partial charge in [-0.1, -0.05) is 115 Å². The summed E-state index contributed by atoms with van der Waals surface area (Å²) in [5, 5.41) is 2.37. The summed E-state index contributed by atoms with van der Waals surface area (Å²) in [6.45, 7) is 0. The Morgan fingerprint density at radius 2 is 0.977 bits per heavy atom. The molecule has 208 valence electrons. The first-order valence-electron chi connectivity index (χ1n) is 14.8. The average molecular weight is 565 g/mol. The number of rotatable bonds is 6. The molecule has 0 aliphatic rings. The zero-order valence-corrected chi connectivity index (χ0v) is 24.0. The fourth-order valence-corrected chi connectivity index (χ4v) is 5.87. The molecule has 0 fully saturated rings. The van der Waals surface area contributed by atoms with Gasteiger partial charge in [0.05, 0.1) is 0 Å². The number of hydrogen-bond donors (Lipinski definition) is 0. The average Bonchev–Trinajstić information content (AvgIpc) is 3.55. The van der Waals surface area contributed by atoms with Crippen LogP contribution in [0.1, 0.15) is 0 Å². The SMILES string of the molecule is c1ccc(-c2ccc(N(c3ccccc3)c3ccc(-c4cccc5nc(-c6ccc7ccccc7c6)oc45)cc3)cc2)cc1. The highest BCUT2D eigenvalue weighted by molar-refractivity contribution is 5.93. The Hall–Kier alpha value is -5.93. The van der Waals surface area contributed by atoms with E-state index < -0.39 is 0 Å². The van der Waals surface area contributed by atoms with Gasteiger partial charge in [-0.05, 0) is 82.1 Å². The number of para-hydroxylation sites is 2. The third-order valence-corrected chi connectivity index (χ3v) is 8.09. The molecule has 0 saturated heterocycles. The number of hydrogen-bond acceptors (Lipinski definition) is 3. The van der Waals surface area contributed by atoms with E-state index in [1.807, 2.05) is 24.3 Å². The maximum atomic E-state index is 6.43. The van der Waals surface area contributed by atoms with Crippen molar-refractivity contribution >= 4 is 38.9 Å². The third-order valence-electron chi connectivity index (χ3n) is 8.09. The number of aromatic nitrogens is 1. The van der Waals surface area contributed by atoms with E-state index in [4.69, 9.17) is 9.40 Å². The van der Waals surface area contributed by atoms with E-state index in [1.165, 1.54) is 21.9 Å². The Morgan fingerprint density at radius 1 is 0.409 bits per heavy atom. The minimum atomic E-state index is 0.629. The van der Waals surface area contributed by atoms with Gasteiger partial charge in [0.2, 0.25) is 5.89 Å². The number of oxazole rings is 1. The Labute approximate surface area is 256 Å². The van der Waals surface area contributed by atoms with Gasteiger partial charge in [-0.15, -0.1) is 0 Å². The van der Waals surface area contributed by atoms with E-state index in [0.717, 1.165) is 44.9 Å². The van der Waals surface area contributed by atoms with Crippen LogP contribution in [0.4, 0.5) is 17.1 Å². The van der Waals surface area contributed by atoms with E-state index in [-0.39, 0.29) is 0 Å². The summed E-state index contributed by atoms with van der Waals surface area (Å²) in [6.07, 6.45) is 0. The lowest BCUT2D eigenvalue weighted by molar-refractivity contribution is 0.621. The molecule has 0 aliphatic carbocycles. The molecule has 0 spiro atoms. The lowest BCUT2D eigenvalue weighted by Crippen LogP contribution is -2.09. The summed E-state index contributed by atoms with van der Waals surface area (Å²) >= 11 is 0. The molecule has 7 aromatic carbocycles. The van der Waals surface area contributed by atoms with Crippen LogP contribution in [-0.2, 0) is 0 Å². The zero-order valence-electron chi connectivity index (χ0n) is 24.0. The molecule has 1 aromatic heterocycles. The third kappa shape index (κ3) is 4.81. The van der Waals surface area contributed by atoms with Crippen molar-refractivity contribution in [2.45, 2.75) is 0 Å². The van der Waals surface area contributed by atoms with Gasteiger partial charge < -0.3 is 9.32 Å². The molecule has 3 heteroatoms. The second kappa shape index (κ2) is 11.0. The van der Waals surface area contributed by atoms with Gasteiger partial charge in [0.25, 0.3) is 0 Å². The summed E-state index contributed by atoms with van der Waals surface area (Å²) in [5.41, 5.74) is 10.4. The second-order valence-electron chi connectivity index (χ2n) is 10.9. The van der Waals surface area contributed by atoms with Crippen LogP contribution in [0, 0.1) is 0 Å². The molecule has 8 rings (SSSR count). The highest BCUT2D eigenvalue weighted by atomic mass is 16.3. The minimum Gasteiger partial charge on any atom is -0.435 e. The van der Waals surface area contributed by atoms with Crippen LogP contribution in [0.3, 0.4) is 0 Å². The van der Waals surface area contributed by atoms with Gasteiger partial charge in [0.1, 0.15) is 5.52 Å². The van der Waals surface area contributed by atoms with E-state index in [9.17, 15) is 0 Å². The first-order chi connectivity index (χ1) is 21.8. The quantitative estimate of drug-likeness (QED) is 0.201. The normalized spacial score (nSPS) is 11.2. The number of benzene rings is 7. The van der Waals surface area contributed by atoms with Gasteiger partial charge in [0, 0.05) is 28.2 Å². The highest BCUT2D eigenvalue weighted by Crippen LogP contribution is 2.38. The zero-order chi connectivity index (χ0) is 29.3. The van der Waals surface area contributed by atoms with Gasteiger partial charge in [-0.2, -0.15) is 0 Å². The molecule has 0 atom stereocenters. The molecular formula is C41H28N2O. The van der Waals surface area contributed by atoms with Crippen LogP contribution in [0.25, 0.3) is 55.6 Å². The first-order valence-corrected chi connectivity index (χ1v) is 14.8. The predicted molar refractivity (Wildman–Crippen MR) is 183 cm³/mol. The largest absolute Gasteiger partial charge is 0.435 e. The van der Waals surface area contributed by atoms with E-state index in [2.05, 4.69) is 150 Å². The van der Waals surface area contributed by atoms with Crippen molar-refractivity contribution < 1.29 is 4.42 Å². The predicted octanol–water partition coefficient (Wildman–Crippen LogP) is 11.5. The number of anilines is 3. The minimum absolute atomic E-state index is 0.629. The number of nitrogens with zero attached hydrogens (tertiary/aromatic N) is 2. The molecule has 8 aromatic rings. The fraction of sp³-hybridized carbons (Fsp3) is 0. The summed E-state index contributed by atoms with van der Waals surface area (Å²) < 4.78 is 6.43. The smallest absolute Gasteiger partial charge is 0.227 e. The van der Waals surface area contributed by atoms with Crippen molar-refractivity contribution in [2.75, 3.05) is 4.90 Å². The monoisotopic (exact) mass is 564 g/mol. The van der Waals surface area contributed by atoms with Crippen molar-refractivity contribution in [1.82, 2.24) is 4.98 Å². The van der Waals surface area contributed by atoms with Crippen molar-refractivity contribution in [3.8, 4) is 33.7 Å². The van der Waals surface area contributed by atoms with Crippen LogP contribution < -0.4 is 4.90 Å². The summed E-state index contributed by atoms with van der Waals surface area (Å²) in [5.74, 6) is 0.629. The van der Waals surface area contributed by atoms with Crippen molar-refractivity contribution in [2.24, 2.45) is 0 Å². The molecule has 0 radical (unpaired) electrons. The Balaban J connectivity index is 1.15. The topological polar surface area (TPSA) is 29.3 Å². The van der Waals surface area contributed by atoms with Crippen LogP contribution in [0.15, 0.2) is 174 Å². The second-order valence-corrected chi connectivity index (χ2v) is 10.9. The molecule has 1 heterocycles. The van der Waals surface area contributed by atoms with Crippen LogP contribution >= 0.6 is 0 Å².